The van der Waals surface area contributed by atoms with E-state index in [1.54, 1.807) is 6.20 Å². The molecule has 4 nitrogen and oxygen atoms in total. The molecule has 80 valence electrons. The molecule has 4 heteroatoms. The largest absolute Gasteiger partial charge is 0.438 e. The molecule has 0 saturated heterocycles. The van der Waals surface area contributed by atoms with E-state index >= 15 is 0 Å². The predicted octanol–water partition coefficient (Wildman–Crippen LogP) is 0.994. The van der Waals surface area contributed by atoms with E-state index < -0.39 is 6.79 Å². The van der Waals surface area contributed by atoms with Crippen molar-refractivity contribution in [3.05, 3.63) is 29.6 Å². The van der Waals surface area contributed by atoms with Crippen molar-refractivity contribution in [2.45, 2.75) is 25.2 Å². The lowest BCUT2D eigenvalue weighted by Gasteiger charge is -2.22. The van der Waals surface area contributed by atoms with Gasteiger partial charge in [0.15, 0.2) is 6.79 Å². The third-order valence-electron chi connectivity index (χ3n) is 2.69. The Morgan fingerprint density at radius 2 is 2.53 bits per heavy atom. The molecular weight excluding hydrogens is 194 g/mol. The highest BCUT2D eigenvalue weighted by Gasteiger charge is 2.28. The van der Waals surface area contributed by atoms with E-state index in [1.165, 1.54) is 0 Å². The molecule has 15 heavy (non-hydrogen) atoms. The van der Waals surface area contributed by atoms with Crippen LogP contribution in [0.1, 0.15) is 30.0 Å². The minimum atomic E-state index is -0.558. The number of carbonyl (C=O) groups excluding carboxylic acids is 1. The molecule has 1 heterocycles. The fourth-order valence-electron chi connectivity index (χ4n) is 2.00. The maximum Gasteiger partial charge on any atom is 0.317 e. The molecule has 1 aliphatic carbocycles. The number of aromatic nitrogens is 1. The minimum Gasteiger partial charge on any atom is -0.438 e. The Labute approximate surface area is 87.9 Å². The molecule has 1 aromatic heterocycles. The smallest absolute Gasteiger partial charge is 0.317 e. The first-order valence-electron chi connectivity index (χ1n) is 5.04. The van der Waals surface area contributed by atoms with Gasteiger partial charge in [-0.05, 0) is 30.9 Å². The van der Waals surface area contributed by atoms with Gasteiger partial charge in [0.1, 0.15) is 0 Å². The van der Waals surface area contributed by atoms with Crippen LogP contribution in [0.5, 0.6) is 0 Å². The monoisotopic (exact) mass is 207 g/mol. The summed E-state index contributed by atoms with van der Waals surface area (Å²) in [7, 11) is 0. The van der Waals surface area contributed by atoms with Crippen molar-refractivity contribution in [2.75, 3.05) is 6.79 Å². The average Bonchev–Trinajstić information content (AvgIpc) is 2.28. The maximum atomic E-state index is 11.5. The van der Waals surface area contributed by atoms with E-state index in [-0.39, 0.29) is 11.9 Å². The van der Waals surface area contributed by atoms with E-state index in [4.69, 9.17) is 5.11 Å². The fraction of sp³-hybridized carbons (Fsp3) is 0.455. The summed E-state index contributed by atoms with van der Waals surface area (Å²) >= 11 is 0. The summed E-state index contributed by atoms with van der Waals surface area (Å²) < 4.78 is 4.61. The molecule has 1 atom stereocenters. The number of aliphatic hydroxyl groups is 1. The van der Waals surface area contributed by atoms with Gasteiger partial charge in [0.2, 0.25) is 0 Å². The summed E-state index contributed by atoms with van der Waals surface area (Å²) in [5, 5.41) is 8.55. The summed E-state index contributed by atoms with van der Waals surface area (Å²) in [6.45, 7) is -0.558. The molecule has 2 rings (SSSR count). The number of aliphatic hydroxyl groups excluding tert-OH is 1. The van der Waals surface area contributed by atoms with E-state index in [0.29, 0.717) is 0 Å². The molecule has 1 unspecified atom stereocenters. The van der Waals surface area contributed by atoms with Crippen molar-refractivity contribution >= 4 is 5.97 Å². The third-order valence-corrected chi connectivity index (χ3v) is 2.69. The molecule has 0 spiro atoms. The Hall–Kier alpha value is -1.42. The highest BCUT2D eigenvalue weighted by molar-refractivity contribution is 5.78. The van der Waals surface area contributed by atoms with Crippen LogP contribution in [0.25, 0.3) is 0 Å². The fourth-order valence-corrected chi connectivity index (χ4v) is 2.00. The van der Waals surface area contributed by atoms with Gasteiger partial charge in [0.25, 0.3) is 0 Å². The number of fused-ring (bicyclic) bond motifs is 1. The molecule has 0 radical (unpaired) electrons. The van der Waals surface area contributed by atoms with Crippen LogP contribution in [0.2, 0.25) is 0 Å². The summed E-state index contributed by atoms with van der Waals surface area (Å²) in [5.41, 5.74) is 1.92. The van der Waals surface area contributed by atoms with Crippen LogP contribution in [0, 0.1) is 0 Å². The first kappa shape index (κ1) is 10.1. The quantitative estimate of drug-likeness (QED) is 0.580. The second-order valence-electron chi connectivity index (χ2n) is 3.59. The number of rotatable bonds is 2. The summed E-state index contributed by atoms with van der Waals surface area (Å²) in [6, 6.07) is 3.86. The Morgan fingerprint density at radius 3 is 3.33 bits per heavy atom. The number of ether oxygens (including phenoxy) is 1. The van der Waals surface area contributed by atoms with Crippen molar-refractivity contribution in [2.24, 2.45) is 0 Å². The van der Waals surface area contributed by atoms with Crippen molar-refractivity contribution < 1.29 is 14.6 Å². The molecule has 0 amide bonds. The van der Waals surface area contributed by atoms with E-state index in [1.807, 2.05) is 12.1 Å². The van der Waals surface area contributed by atoms with Gasteiger partial charge in [-0.25, -0.2) is 0 Å². The molecule has 0 aromatic carbocycles. The lowest BCUT2D eigenvalue weighted by atomic mass is 9.87. The highest BCUT2D eigenvalue weighted by Crippen LogP contribution is 2.30. The molecular formula is C11H13NO3. The summed E-state index contributed by atoms with van der Waals surface area (Å²) in [5.74, 6) is -0.681. The SMILES string of the molecule is O=C(OCO)C1CCCc2cccnc21. The standard InChI is InChI=1S/C11H13NO3/c13-7-15-11(14)9-5-1-3-8-4-2-6-12-10(8)9/h2,4,6,9,13H,1,3,5,7H2. The zero-order valence-electron chi connectivity index (χ0n) is 8.35. The number of hydrogen-bond donors (Lipinski definition) is 1. The van der Waals surface area contributed by atoms with Crippen molar-refractivity contribution in [3.63, 3.8) is 0 Å². The van der Waals surface area contributed by atoms with Gasteiger partial charge in [0.05, 0.1) is 11.6 Å². The van der Waals surface area contributed by atoms with Crippen LogP contribution in [-0.2, 0) is 16.0 Å². The lowest BCUT2D eigenvalue weighted by molar-refractivity contribution is -0.154. The molecule has 0 fully saturated rings. The number of carbonyl (C=O) groups is 1. The third kappa shape index (κ3) is 1.99. The Kier molecular flexibility index (Phi) is 2.97. The van der Waals surface area contributed by atoms with Gasteiger partial charge >= 0.3 is 5.97 Å². The van der Waals surface area contributed by atoms with Crippen LogP contribution in [-0.4, -0.2) is 22.9 Å². The van der Waals surface area contributed by atoms with Gasteiger partial charge in [-0.2, -0.15) is 0 Å². The molecule has 0 saturated carbocycles. The van der Waals surface area contributed by atoms with Crippen LogP contribution < -0.4 is 0 Å². The van der Waals surface area contributed by atoms with Crippen LogP contribution in [0.4, 0.5) is 0 Å². The van der Waals surface area contributed by atoms with Gasteiger partial charge < -0.3 is 9.84 Å². The minimum absolute atomic E-state index is 0.304. The Morgan fingerprint density at radius 1 is 1.67 bits per heavy atom. The molecule has 1 aromatic rings. The van der Waals surface area contributed by atoms with Gasteiger partial charge in [0, 0.05) is 6.20 Å². The molecule has 1 aliphatic rings. The number of pyridine rings is 1. The summed E-state index contributed by atoms with van der Waals surface area (Å²) in [4.78, 5) is 15.8. The zero-order chi connectivity index (χ0) is 10.7. The van der Waals surface area contributed by atoms with E-state index in [9.17, 15) is 4.79 Å². The lowest BCUT2D eigenvalue weighted by Crippen LogP contribution is -2.22. The second-order valence-corrected chi connectivity index (χ2v) is 3.59. The van der Waals surface area contributed by atoms with Crippen LogP contribution in [0.3, 0.4) is 0 Å². The first-order chi connectivity index (χ1) is 7.33. The maximum absolute atomic E-state index is 11.5. The normalized spacial score (nSPS) is 19.4. The first-order valence-corrected chi connectivity index (χ1v) is 5.04. The predicted molar refractivity (Wildman–Crippen MR) is 53.1 cm³/mol. The van der Waals surface area contributed by atoms with Crippen LogP contribution in [0.15, 0.2) is 18.3 Å². The van der Waals surface area contributed by atoms with Gasteiger partial charge in [-0.1, -0.05) is 6.07 Å². The van der Waals surface area contributed by atoms with Gasteiger partial charge in [-0.3, -0.25) is 9.78 Å². The van der Waals surface area contributed by atoms with Crippen molar-refractivity contribution in [3.8, 4) is 0 Å². The van der Waals surface area contributed by atoms with Crippen molar-refractivity contribution in [1.29, 1.82) is 0 Å². The molecule has 1 N–H and O–H groups in total. The number of nitrogens with zero attached hydrogens (tertiary/aromatic N) is 1. The zero-order valence-corrected chi connectivity index (χ0v) is 8.35. The Bertz CT molecular complexity index is 365. The summed E-state index contributed by atoms with van der Waals surface area (Å²) in [6.07, 6.45) is 4.36. The number of esters is 1. The second kappa shape index (κ2) is 4.40. The molecule has 0 aliphatic heterocycles. The topological polar surface area (TPSA) is 59.4 Å². The highest BCUT2D eigenvalue weighted by atomic mass is 16.6. The average molecular weight is 207 g/mol. The Balaban J connectivity index is 2.25. The number of hydrogen-bond acceptors (Lipinski definition) is 4. The molecule has 0 bridgehead atoms. The van der Waals surface area contributed by atoms with E-state index in [0.717, 1.165) is 30.5 Å². The van der Waals surface area contributed by atoms with Gasteiger partial charge in [-0.15, -0.1) is 0 Å². The van der Waals surface area contributed by atoms with Crippen LogP contribution >= 0.6 is 0 Å². The van der Waals surface area contributed by atoms with E-state index in [2.05, 4.69) is 9.72 Å². The number of aryl methyl sites for hydroxylation is 1. The van der Waals surface area contributed by atoms with Crippen molar-refractivity contribution in [1.82, 2.24) is 4.98 Å².